The molecule has 0 atom stereocenters. The number of hydrogen-bond acceptors (Lipinski definition) is 3. The van der Waals surface area contributed by atoms with Gasteiger partial charge in [-0.1, -0.05) is 11.6 Å². The van der Waals surface area contributed by atoms with Gasteiger partial charge in [0, 0.05) is 36.0 Å². The molecule has 0 saturated carbocycles. The number of nitrogens with zero attached hydrogens (tertiary/aromatic N) is 2. The second-order valence-electron chi connectivity index (χ2n) is 5.24. The van der Waals surface area contributed by atoms with Gasteiger partial charge in [0.1, 0.15) is 0 Å². The Morgan fingerprint density at radius 2 is 1.95 bits per heavy atom. The summed E-state index contributed by atoms with van der Waals surface area (Å²) in [5.41, 5.74) is 4.21. The van der Waals surface area contributed by atoms with E-state index in [0.29, 0.717) is 0 Å². The molecule has 3 rings (SSSR count). The Morgan fingerprint density at radius 3 is 2.65 bits per heavy atom. The molecule has 1 fully saturated rings. The van der Waals surface area contributed by atoms with Crippen LogP contribution in [0.3, 0.4) is 0 Å². The Morgan fingerprint density at radius 1 is 1.25 bits per heavy atom. The molecular weight excluding hydrogens is 338 g/mol. The maximum Gasteiger partial charge on any atom is 0.0869 e. The number of aromatic nitrogens is 1. The van der Waals surface area contributed by atoms with E-state index in [-0.39, 0.29) is 0 Å². The second kappa shape index (κ2) is 5.51. The molecule has 0 radical (unpaired) electrons. The van der Waals surface area contributed by atoms with Crippen molar-refractivity contribution in [1.82, 2.24) is 10.3 Å². The van der Waals surface area contributed by atoms with Crippen LogP contribution in [0.2, 0.25) is 5.02 Å². The molecule has 1 saturated heterocycles. The lowest BCUT2D eigenvalue weighted by molar-refractivity contribution is 0.590. The molecule has 20 heavy (non-hydrogen) atoms. The first-order valence-corrected chi connectivity index (χ1v) is 7.96. The average molecular weight is 355 g/mol. The van der Waals surface area contributed by atoms with E-state index in [0.717, 1.165) is 58.0 Å². The minimum atomic E-state index is 0.775. The quantitative estimate of drug-likeness (QED) is 0.847. The van der Waals surface area contributed by atoms with Crippen LogP contribution in [0, 0.1) is 13.8 Å². The number of halogens is 2. The van der Waals surface area contributed by atoms with Crippen molar-refractivity contribution in [2.75, 3.05) is 31.1 Å². The van der Waals surface area contributed by atoms with Crippen LogP contribution >= 0.6 is 27.5 Å². The molecule has 0 unspecified atom stereocenters. The highest BCUT2D eigenvalue weighted by molar-refractivity contribution is 9.10. The summed E-state index contributed by atoms with van der Waals surface area (Å²) in [6, 6.07) is 4.28. The largest absolute Gasteiger partial charge is 0.367 e. The van der Waals surface area contributed by atoms with Crippen molar-refractivity contribution >= 4 is 44.1 Å². The summed E-state index contributed by atoms with van der Waals surface area (Å²) in [4.78, 5) is 7.01. The Labute approximate surface area is 132 Å². The van der Waals surface area contributed by atoms with Gasteiger partial charge in [0.15, 0.2) is 0 Å². The van der Waals surface area contributed by atoms with Crippen molar-refractivity contribution in [3.8, 4) is 0 Å². The van der Waals surface area contributed by atoms with Crippen LogP contribution in [-0.4, -0.2) is 31.2 Å². The third kappa shape index (κ3) is 2.41. The number of hydrogen-bond donors (Lipinski definition) is 1. The van der Waals surface area contributed by atoms with Gasteiger partial charge < -0.3 is 10.2 Å². The van der Waals surface area contributed by atoms with Gasteiger partial charge in [0.2, 0.25) is 0 Å². The highest BCUT2D eigenvalue weighted by Gasteiger charge is 2.20. The number of fused-ring (bicyclic) bond motifs is 1. The van der Waals surface area contributed by atoms with Crippen LogP contribution in [0.25, 0.3) is 10.9 Å². The molecule has 1 aliphatic heterocycles. The second-order valence-corrected chi connectivity index (χ2v) is 6.47. The predicted octanol–water partition coefficient (Wildman–Crippen LogP) is 3.68. The van der Waals surface area contributed by atoms with Crippen LogP contribution in [0.1, 0.15) is 11.3 Å². The predicted molar refractivity (Wildman–Crippen MR) is 89.0 cm³/mol. The van der Waals surface area contributed by atoms with Crippen molar-refractivity contribution in [1.29, 1.82) is 0 Å². The number of benzene rings is 1. The smallest absolute Gasteiger partial charge is 0.0869 e. The van der Waals surface area contributed by atoms with Crippen LogP contribution in [0.4, 0.5) is 5.69 Å². The Hall–Kier alpha value is -0.840. The van der Waals surface area contributed by atoms with Gasteiger partial charge in [-0.05, 0) is 47.5 Å². The third-order valence-corrected chi connectivity index (χ3v) is 4.76. The maximum absolute atomic E-state index is 6.57. The third-order valence-electron chi connectivity index (χ3n) is 3.70. The number of aryl methyl sites for hydroxylation is 2. The SMILES string of the molecule is Cc1cc(Br)c2nc(C)c(Cl)c(N3CCNCC3)c2c1. The maximum atomic E-state index is 6.57. The molecule has 3 nitrogen and oxygen atoms in total. The zero-order valence-electron chi connectivity index (χ0n) is 11.6. The summed E-state index contributed by atoms with van der Waals surface area (Å²) in [6.07, 6.45) is 0. The van der Waals surface area contributed by atoms with Gasteiger partial charge >= 0.3 is 0 Å². The molecule has 1 aromatic carbocycles. The van der Waals surface area contributed by atoms with Crippen molar-refractivity contribution in [3.63, 3.8) is 0 Å². The van der Waals surface area contributed by atoms with Crippen LogP contribution < -0.4 is 10.2 Å². The summed E-state index contributed by atoms with van der Waals surface area (Å²) in [5, 5.41) is 5.29. The van der Waals surface area contributed by atoms with Gasteiger partial charge in [0.05, 0.1) is 21.9 Å². The van der Waals surface area contributed by atoms with E-state index < -0.39 is 0 Å². The van der Waals surface area contributed by atoms with E-state index in [4.69, 9.17) is 11.6 Å². The lowest BCUT2D eigenvalue weighted by Gasteiger charge is -2.31. The molecule has 1 aromatic heterocycles. The topological polar surface area (TPSA) is 28.2 Å². The molecule has 1 N–H and O–H groups in total. The van der Waals surface area contributed by atoms with E-state index in [1.54, 1.807) is 0 Å². The lowest BCUT2D eigenvalue weighted by atomic mass is 10.1. The lowest BCUT2D eigenvalue weighted by Crippen LogP contribution is -2.43. The Kier molecular flexibility index (Phi) is 3.89. The van der Waals surface area contributed by atoms with Crippen molar-refractivity contribution in [2.45, 2.75) is 13.8 Å². The van der Waals surface area contributed by atoms with Crippen LogP contribution in [0.15, 0.2) is 16.6 Å². The fourth-order valence-electron chi connectivity index (χ4n) is 2.73. The number of rotatable bonds is 1. The Balaban J connectivity index is 2.29. The fourth-order valence-corrected chi connectivity index (χ4v) is 3.66. The number of pyridine rings is 1. The molecule has 1 aliphatic rings. The minimum Gasteiger partial charge on any atom is -0.367 e. The molecule has 0 bridgehead atoms. The van der Waals surface area contributed by atoms with E-state index in [2.05, 4.69) is 50.2 Å². The first-order valence-electron chi connectivity index (χ1n) is 6.79. The molecule has 0 spiro atoms. The molecule has 2 heterocycles. The normalized spacial score (nSPS) is 15.9. The number of anilines is 1. The van der Waals surface area contributed by atoms with E-state index in [1.807, 2.05) is 6.92 Å². The zero-order valence-corrected chi connectivity index (χ0v) is 14.0. The fraction of sp³-hybridized carbons (Fsp3) is 0.400. The number of piperazine rings is 1. The highest BCUT2D eigenvalue weighted by atomic mass is 79.9. The summed E-state index contributed by atoms with van der Waals surface area (Å²) in [7, 11) is 0. The molecular formula is C15H17BrClN3. The monoisotopic (exact) mass is 353 g/mol. The van der Waals surface area contributed by atoms with Gasteiger partial charge in [-0.3, -0.25) is 4.98 Å². The standard InChI is InChI=1S/C15H17BrClN3/c1-9-7-11-14(12(16)8-9)19-10(2)13(17)15(11)20-5-3-18-4-6-20/h7-8,18H,3-6H2,1-2H3. The molecule has 0 aliphatic carbocycles. The van der Waals surface area contributed by atoms with E-state index >= 15 is 0 Å². The van der Waals surface area contributed by atoms with E-state index in [1.165, 1.54) is 5.56 Å². The summed E-state index contributed by atoms with van der Waals surface area (Å²) in [5.74, 6) is 0. The first kappa shape index (κ1) is 14.1. The van der Waals surface area contributed by atoms with Gasteiger partial charge in [-0.2, -0.15) is 0 Å². The first-order chi connectivity index (χ1) is 9.58. The minimum absolute atomic E-state index is 0.775. The molecule has 106 valence electrons. The van der Waals surface area contributed by atoms with Gasteiger partial charge in [0.25, 0.3) is 0 Å². The number of nitrogens with one attached hydrogen (secondary N) is 1. The van der Waals surface area contributed by atoms with Crippen molar-refractivity contribution in [2.24, 2.45) is 0 Å². The van der Waals surface area contributed by atoms with Gasteiger partial charge in [-0.15, -0.1) is 0 Å². The summed E-state index contributed by atoms with van der Waals surface area (Å²) < 4.78 is 1.03. The van der Waals surface area contributed by atoms with E-state index in [9.17, 15) is 0 Å². The molecule has 5 heteroatoms. The van der Waals surface area contributed by atoms with Crippen LogP contribution in [-0.2, 0) is 0 Å². The summed E-state index contributed by atoms with van der Waals surface area (Å²) in [6.45, 7) is 8.01. The average Bonchev–Trinajstić information content (AvgIpc) is 2.42. The molecule has 0 amide bonds. The highest BCUT2D eigenvalue weighted by Crippen LogP contribution is 2.38. The zero-order chi connectivity index (χ0) is 14.3. The molecule has 2 aromatic rings. The van der Waals surface area contributed by atoms with Gasteiger partial charge in [-0.25, -0.2) is 0 Å². The van der Waals surface area contributed by atoms with Crippen molar-refractivity contribution < 1.29 is 0 Å². The Bertz CT molecular complexity index is 666. The van der Waals surface area contributed by atoms with Crippen LogP contribution in [0.5, 0.6) is 0 Å². The summed E-state index contributed by atoms with van der Waals surface area (Å²) >= 11 is 10.2. The van der Waals surface area contributed by atoms with Crippen molar-refractivity contribution in [3.05, 3.63) is 32.9 Å².